The Morgan fingerprint density at radius 1 is 1.09 bits per heavy atom. The van der Waals surface area contributed by atoms with Gasteiger partial charge in [0.05, 0.1) is 16.7 Å². The van der Waals surface area contributed by atoms with Gasteiger partial charge in [-0.05, 0) is 68.4 Å². The van der Waals surface area contributed by atoms with Crippen LogP contribution in [0.4, 0.5) is 0 Å². The van der Waals surface area contributed by atoms with Crippen molar-refractivity contribution in [2.24, 2.45) is 5.92 Å². The van der Waals surface area contributed by atoms with Crippen molar-refractivity contribution in [3.63, 3.8) is 0 Å². The minimum atomic E-state index is -3.29. The van der Waals surface area contributed by atoms with Crippen LogP contribution in [0.5, 0.6) is 0 Å². The molecule has 0 bridgehead atoms. The summed E-state index contributed by atoms with van der Waals surface area (Å²) >= 11 is 0. The quantitative estimate of drug-likeness (QED) is 0.606. The number of allylic oxidation sites excluding steroid dienone is 1. The molecule has 0 aliphatic carbocycles. The molecule has 6 heteroatoms. The fourth-order valence-corrected chi connectivity index (χ4v) is 6.31. The Morgan fingerprint density at radius 3 is 2.24 bits per heavy atom. The van der Waals surface area contributed by atoms with E-state index in [0.717, 1.165) is 35.4 Å². The van der Waals surface area contributed by atoms with Crippen molar-refractivity contribution in [1.29, 1.82) is 0 Å². The molecule has 0 saturated carbocycles. The molecule has 3 rings (SSSR count). The molecule has 2 aromatic rings. The molecule has 0 saturated heterocycles. The molecular formula is C27H36N2O3S. The van der Waals surface area contributed by atoms with E-state index >= 15 is 0 Å². The van der Waals surface area contributed by atoms with E-state index in [1.807, 2.05) is 51.1 Å². The molecule has 0 spiro atoms. The van der Waals surface area contributed by atoms with Crippen LogP contribution < -0.4 is 5.32 Å². The second-order valence-corrected chi connectivity index (χ2v) is 11.5. The van der Waals surface area contributed by atoms with Crippen LogP contribution >= 0.6 is 0 Å². The fraction of sp³-hybridized carbons (Fsp3) is 0.444. The van der Waals surface area contributed by atoms with Gasteiger partial charge in [-0.25, -0.2) is 8.42 Å². The normalized spacial score (nSPS) is 17.8. The van der Waals surface area contributed by atoms with Crippen LogP contribution in [0.2, 0.25) is 0 Å². The highest BCUT2D eigenvalue weighted by Gasteiger charge is 2.29. The van der Waals surface area contributed by atoms with Crippen LogP contribution in [0, 0.1) is 19.8 Å². The van der Waals surface area contributed by atoms with Gasteiger partial charge < -0.3 is 10.2 Å². The van der Waals surface area contributed by atoms with Crippen LogP contribution in [-0.4, -0.2) is 38.6 Å². The average Bonchev–Trinajstić information content (AvgIpc) is 2.72. The van der Waals surface area contributed by atoms with E-state index in [0.29, 0.717) is 22.8 Å². The van der Waals surface area contributed by atoms with Gasteiger partial charge in [-0.3, -0.25) is 4.79 Å². The maximum absolute atomic E-state index is 13.5. The molecule has 1 aliphatic rings. The van der Waals surface area contributed by atoms with Crippen LogP contribution in [0.15, 0.2) is 58.6 Å². The van der Waals surface area contributed by atoms with Crippen LogP contribution in [0.1, 0.15) is 66.7 Å². The van der Waals surface area contributed by atoms with Crippen LogP contribution in [0.25, 0.3) is 0 Å². The van der Waals surface area contributed by atoms with Crippen molar-refractivity contribution in [3.8, 4) is 0 Å². The summed E-state index contributed by atoms with van der Waals surface area (Å²) < 4.78 is 25.0. The van der Waals surface area contributed by atoms with E-state index in [9.17, 15) is 13.2 Å². The van der Waals surface area contributed by atoms with E-state index in [1.165, 1.54) is 5.57 Å². The Labute approximate surface area is 198 Å². The number of amides is 1. The van der Waals surface area contributed by atoms with Gasteiger partial charge in [0.25, 0.3) is 5.91 Å². The second-order valence-electron chi connectivity index (χ2n) is 9.42. The number of aryl methyl sites for hydroxylation is 2. The molecule has 2 atom stereocenters. The first kappa shape index (κ1) is 25.0. The minimum absolute atomic E-state index is 0.120. The number of likely N-dealkylation sites (N-methyl/N-ethyl adjacent to an activating group) is 1. The van der Waals surface area contributed by atoms with E-state index in [1.54, 1.807) is 12.1 Å². The van der Waals surface area contributed by atoms with Gasteiger partial charge in [0.15, 0.2) is 9.84 Å². The molecule has 5 nitrogen and oxygen atoms in total. The Kier molecular flexibility index (Phi) is 7.68. The molecule has 2 unspecified atom stereocenters. The van der Waals surface area contributed by atoms with Crippen LogP contribution in [-0.2, 0) is 9.84 Å². The molecule has 1 amide bonds. The summed E-state index contributed by atoms with van der Waals surface area (Å²) in [4.78, 5) is 16.0. The summed E-state index contributed by atoms with van der Waals surface area (Å²) in [5.41, 5.74) is 5.75. The monoisotopic (exact) mass is 468 g/mol. The molecule has 1 N–H and O–H groups in total. The number of rotatable bonds is 7. The lowest BCUT2D eigenvalue weighted by Crippen LogP contribution is -2.39. The van der Waals surface area contributed by atoms with Gasteiger partial charge >= 0.3 is 0 Å². The smallest absolute Gasteiger partial charge is 0.252 e. The first-order valence-electron chi connectivity index (χ1n) is 11.7. The summed E-state index contributed by atoms with van der Waals surface area (Å²) in [5.74, 6) is 0.546. The number of hydrogen-bond donors (Lipinski definition) is 1. The summed E-state index contributed by atoms with van der Waals surface area (Å²) in [6.45, 7) is 11.0. The van der Waals surface area contributed by atoms with E-state index in [4.69, 9.17) is 0 Å². The van der Waals surface area contributed by atoms with Gasteiger partial charge in [0.1, 0.15) is 0 Å². The molecule has 0 radical (unpaired) electrons. The van der Waals surface area contributed by atoms with E-state index in [2.05, 4.69) is 31.1 Å². The second kappa shape index (κ2) is 10.1. The number of nitrogens with one attached hydrogen (secondary N) is 1. The molecule has 0 fully saturated rings. The first-order chi connectivity index (χ1) is 15.5. The molecular weight excluding hydrogens is 432 g/mol. The van der Waals surface area contributed by atoms with Crippen molar-refractivity contribution in [2.75, 3.05) is 19.3 Å². The maximum Gasteiger partial charge on any atom is 0.252 e. The summed E-state index contributed by atoms with van der Waals surface area (Å²) in [7, 11) is -1.23. The topological polar surface area (TPSA) is 66.5 Å². The van der Waals surface area contributed by atoms with Crippen LogP contribution in [0.3, 0.4) is 0 Å². The number of benzene rings is 2. The highest BCUT2D eigenvalue weighted by Crippen LogP contribution is 2.34. The highest BCUT2D eigenvalue weighted by atomic mass is 32.2. The maximum atomic E-state index is 13.5. The zero-order valence-electron chi connectivity index (χ0n) is 20.6. The average molecular weight is 469 g/mol. The molecule has 0 aromatic heterocycles. The Bertz CT molecular complexity index is 1130. The number of hydrogen-bond acceptors (Lipinski definition) is 4. The highest BCUT2D eigenvalue weighted by molar-refractivity contribution is 7.91. The largest absolute Gasteiger partial charge is 0.376 e. The van der Waals surface area contributed by atoms with Crippen molar-refractivity contribution in [1.82, 2.24) is 10.2 Å². The summed E-state index contributed by atoms with van der Waals surface area (Å²) in [6, 6.07) is 12.5. The van der Waals surface area contributed by atoms with Gasteiger partial charge in [-0.2, -0.15) is 0 Å². The summed E-state index contributed by atoms with van der Waals surface area (Å²) in [5, 5.41) is 3.27. The molecule has 33 heavy (non-hydrogen) atoms. The predicted octanol–water partition coefficient (Wildman–Crippen LogP) is 5.20. The van der Waals surface area contributed by atoms with Gasteiger partial charge in [-0.15, -0.1) is 0 Å². The Morgan fingerprint density at radius 2 is 1.70 bits per heavy atom. The summed E-state index contributed by atoms with van der Waals surface area (Å²) in [6.07, 6.45) is 1.55. The third kappa shape index (κ3) is 5.49. The molecule has 1 heterocycles. The standard InChI is InChI=1S/C27H36N2O3S/c1-7-15-33(31,32)23-13-11-22(12-14-23)25(26-21(5)16-18(2)17-29(26)6)28-27(30)24-19(3)9-8-10-20(24)4/h8-14,18,25H,7,15-17H2,1-6H3,(H,28,30). The number of carbonyl (C=O) groups excluding carboxylic acids is 1. The van der Waals surface area contributed by atoms with E-state index in [-0.39, 0.29) is 17.7 Å². The third-order valence-corrected chi connectivity index (χ3v) is 8.33. The lowest BCUT2D eigenvalue weighted by Gasteiger charge is -2.38. The minimum Gasteiger partial charge on any atom is -0.376 e. The predicted molar refractivity (Wildman–Crippen MR) is 134 cm³/mol. The van der Waals surface area contributed by atoms with Gasteiger partial charge in [0, 0.05) is 24.9 Å². The first-order valence-corrected chi connectivity index (χ1v) is 13.3. The zero-order chi connectivity index (χ0) is 24.3. The molecule has 178 valence electrons. The van der Waals surface area contributed by atoms with Crippen molar-refractivity contribution in [3.05, 3.63) is 76.0 Å². The SMILES string of the molecule is CCCS(=O)(=O)c1ccc(C(NC(=O)c2c(C)cccc2C)C2=C(C)CC(C)CN2C)cc1. The lowest BCUT2D eigenvalue weighted by atomic mass is 9.89. The Hall–Kier alpha value is -2.60. The Balaban J connectivity index is 2.05. The zero-order valence-corrected chi connectivity index (χ0v) is 21.4. The third-order valence-electron chi connectivity index (χ3n) is 6.39. The van der Waals surface area contributed by atoms with E-state index < -0.39 is 9.84 Å². The molecule has 2 aromatic carbocycles. The lowest BCUT2D eigenvalue weighted by molar-refractivity contribution is 0.0934. The van der Waals surface area contributed by atoms with Crippen molar-refractivity contribution < 1.29 is 13.2 Å². The number of carbonyl (C=O) groups is 1. The number of nitrogens with zero attached hydrogens (tertiary/aromatic N) is 1. The number of sulfone groups is 1. The molecule has 1 aliphatic heterocycles. The van der Waals surface area contributed by atoms with Gasteiger partial charge in [-0.1, -0.05) is 49.8 Å². The van der Waals surface area contributed by atoms with Crippen molar-refractivity contribution >= 4 is 15.7 Å². The fourth-order valence-electron chi connectivity index (χ4n) is 4.99. The van der Waals surface area contributed by atoms with Gasteiger partial charge in [0.2, 0.25) is 0 Å². The van der Waals surface area contributed by atoms with Crippen molar-refractivity contribution in [2.45, 2.75) is 58.4 Å².